The number of methoxy groups -OCH3 is 2. The van der Waals surface area contributed by atoms with E-state index in [1.807, 2.05) is 6.92 Å². The first-order valence-corrected chi connectivity index (χ1v) is 9.43. The van der Waals surface area contributed by atoms with Gasteiger partial charge in [0.1, 0.15) is 5.75 Å². The zero-order valence-corrected chi connectivity index (χ0v) is 17.9. The largest absolute Gasteiger partial charge is 0.493 e. The quantitative estimate of drug-likeness (QED) is 0.439. The van der Waals surface area contributed by atoms with E-state index < -0.39 is 0 Å². The summed E-state index contributed by atoms with van der Waals surface area (Å²) in [6.07, 6.45) is 3.13. The molecule has 0 saturated heterocycles. The number of ether oxygens (including phenoxy) is 4. The molecule has 0 aliphatic carbocycles. The molecule has 160 valence electrons. The lowest BCUT2D eigenvalue weighted by atomic mass is 10.1. The van der Waals surface area contributed by atoms with Crippen LogP contribution in [0.4, 0.5) is 0 Å². The average molecular weight is 413 g/mol. The van der Waals surface area contributed by atoms with E-state index in [0.29, 0.717) is 35.2 Å². The summed E-state index contributed by atoms with van der Waals surface area (Å²) in [4.78, 5) is 25.7. The molecule has 0 bridgehead atoms. The molecule has 2 aromatic rings. The molecule has 0 radical (unpaired) electrons. The van der Waals surface area contributed by atoms with Crippen LogP contribution in [0.2, 0.25) is 0 Å². The second-order valence-electron chi connectivity index (χ2n) is 6.49. The van der Waals surface area contributed by atoms with Crippen molar-refractivity contribution in [1.82, 2.24) is 4.90 Å². The van der Waals surface area contributed by atoms with Crippen LogP contribution in [-0.4, -0.2) is 58.1 Å². The van der Waals surface area contributed by atoms with Gasteiger partial charge in [0, 0.05) is 19.7 Å². The van der Waals surface area contributed by atoms with Gasteiger partial charge in [-0.25, -0.2) is 0 Å². The summed E-state index contributed by atoms with van der Waals surface area (Å²) >= 11 is 0. The Labute approximate surface area is 176 Å². The van der Waals surface area contributed by atoms with Crippen LogP contribution in [0.1, 0.15) is 22.8 Å². The van der Waals surface area contributed by atoms with Crippen LogP contribution in [0.3, 0.4) is 0 Å². The molecule has 0 aliphatic rings. The van der Waals surface area contributed by atoms with Crippen LogP contribution in [0.15, 0.2) is 42.5 Å². The van der Waals surface area contributed by atoms with Crippen LogP contribution in [0, 0.1) is 0 Å². The van der Waals surface area contributed by atoms with E-state index >= 15 is 0 Å². The minimum atomic E-state index is -0.203. The first kappa shape index (κ1) is 22.8. The molecule has 30 heavy (non-hydrogen) atoms. The number of likely N-dealkylation sites (N-methyl/N-ethyl adjacent to an activating group) is 1. The van der Waals surface area contributed by atoms with Crippen molar-refractivity contribution in [3.05, 3.63) is 53.6 Å². The molecule has 2 rings (SSSR count). The Kier molecular flexibility index (Phi) is 8.29. The number of benzene rings is 2. The van der Waals surface area contributed by atoms with Crippen molar-refractivity contribution in [1.29, 1.82) is 0 Å². The second kappa shape index (κ2) is 10.9. The fourth-order valence-electron chi connectivity index (χ4n) is 2.56. The molecular formula is C23H27NO6. The molecule has 7 nitrogen and oxygen atoms in total. The molecule has 0 unspecified atom stereocenters. The van der Waals surface area contributed by atoms with Crippen molar-refractivity contribution < 1.29 is 28.5 Å². The standard InChI is InChI=1S/C23H27NO6/c1-6-29-23-20(27-4)12-16(13-21(23)28-5)10-11-19(25)17-8-7-9-18(14-17)30-15-22(26)24(2)3/h7-14H,6,15H2,1-5H3/b11-10+. The molecule has 0 atom stereocenters. The molecule has 0 aromatic heterocycles. The number of rotatable bonds is 10. The highest BCUT2D eigenvalue weighted by molar-refractivity contribution is 6.07. The van der Waals surface area contributed by atoms with E-state index in [-0.39, 0.29) is 18.3 Å². The Bertz CT molecular complexity index is 895. The number of nitrogens with zero attached hydrogens (tertiary/aromatic N) is 1. The predicted molar refractivity (Wildman–Crippen MR) is 115 cm³/mol. The van der Waals surface area contributed by atoms with Gasteiger partial charge in [-0.2, -0.15) is 0 Å². The van der Waals surface area contributed by atoms with Gasteiger partial charge < -0.3 is 23.8 Å². The fraction of sp³-hybridized carbons (Fsp3) is 0.304. The summed E-state index contributed by atoms with van der Waals surface area (Å²) in [5, 5.41) is 0. The van der Waals surface area contributed by atoms with Gasteiger partial charge in [0.05, 0.1) is 20.8 Å². The van der Waals surface area contributed by atoms with E-state index in [0.717, 1.165) is 5.56 Å². The first-order chi connectivity index (χ1) is 14.4. The van der Waals surface area contributed by atoms with Crippen molar-refractivity contribution in [3.8, 4) is 23.0 Å². The molecule has 0 heterocycles. The van der Waals surface area contributed by atoms with Gasteiger partial charge in [0.25, 0.3) is 5.91 Å². The molecule has 2 aromatic carbocycles. The maximum Gasteiger partial charge on any atom is 0.259 e. The number of hydrogen-bond acceptors (Lipinski definition) is 6. The van der Waals surface area contributed by atoms with Crippen molar-refractivity contribution in [3.63, 3.8) is 0 Å². The molecule has 0 aliphatic heterocycles. The summed E-state index contributed by atoms with van der Waals surface area (Å²) in [5.74, 6) is 1.64. The zero-order chi connectivity index (χ0) is 22.1. The third-order valence-electron chi connectivity index (χ3n) is 4.18. The Balaban J connectivity index is 2.17. The summed E-state index contributed by atoms with van der Waals surface area (Å²) < 4.78 is 21.8. The molecular weight excluding hydrogens is 386 g/mol. The Morgan fingerprint density at radius 2 is 1.67 bits per heavy atom. The van der Waals surface area contributed by atoms with Crippen molar-refractivity contribution in [2.24, 2.45) is 0 Å². The topological polar surface area (TPSA) is 74.3 Å². The molecule has 7 heteroatoms. The van der Waals surface area contributed by atoms with Crippen molar-refractivity contribution >= 4 is 17.8 Å². The van der Waals surface area contributed by atoms with E-state index in [1.165, 1.54) is 11.0 Å². The van der Waals surface area contributed by atoms with E-state index in [1.54, 1.807) is 70.8 Å². The van der Waals surface area contributed by atoms with Gasteiger partial charge in [0.15, 0.2) is 23.9 Å². The Morgan fingerprint density at radius 1 is 1.00 bits per heavy atom. The predicted octanol–water partition coefficient (Wildman–Crippen LogP) is 3.47. The van der Waals surface area contributed by atoms with E-state index in [2.05, 4.69) is 0 Å². The summed E-state index contributed by atoms with van der Waals surface area (Å²) in [6, 6.07) is 10.2. The number of amides is 1. The lowest BCUT2D eigenvalue weighted by Crippen LogP contribution is -2.27. The van der Waals surface area contributed by atoms with Gasteiger partial charge in [-0.3, -0.25) is 9.59 Å². The van der Waals surface area contributed by atoms with Crippen molar-refractivity contribution in [2.45, 2.75) is 6.92 Å². The van der Waals surface area contributed by atoms with E-state index in [9.17, 15) is 9.59 Å². The molecule has 0 spiro atoms. The highest BCUT2D eigenvalue weighted by Gasteiger charge is 2.13. The lowest BCUT2D eigenvalue weighted by molar-refractivity contribution is -0.130. The molecule has 0 saturated carbocycles. The summed E-state index contributed by atoms with van der Waals surface area (Å²) in [5.41, 5.74) is 1.18. The van der Waals surface area contributed by atoms with E-state index in [4.69, 9.17) is 18.9 Å². The number of carbonyl (C=O) groups excluding carboxylic acids is 2. The minimum absolute atomic E-state index is 0.0910. The second-order valence-corrected chi connectivity index (χ2v) is 6.49. The number of allylic oxidation sites excluding steroid dienone is 1. The third kappa shape index (κ3) is 6.01. The first-order valence-electron chi connectivity index (χ1n) is 9.43. The molecule has 1 amide bonds. The Morgan fingerprint density at radius 3 is 2.23 bits per heavy atom. The normalized spacial score (nSPS) is 10.6. The van der Waals surface area contributed by atoms with Gasteiger partial charge in [-0.15, -0.1) is 0 Å². The highest BCUT2D eigenvalue weighted by atomic mass is 16.5. The number of carbonyl (C=O) groups is 2. The summed E-state index contributed by atoms with van der Waals surface area (Å²) in [7, 11) is 6.40. The van der Waals surface area contributed by atoms with Crippen LogP contribution in [0.25, 0.3) is 6.08 Å². The Hall–Kier alpha value is -3.48. The van der Waals surface area contributed by atoms with Crippen LogP contribution in [0.5, 0.6) is 23.0 Å². The third-order valence-corrected chi connectivity index (χ3v) is 4.18. The number of hydrogen-bond donors (Lipinski definition) is 0. The van der Waals surface area contributed by atoms with Gasteiger partial charge in [-0.05, 0) is 42.8 Å². The van der Waals surface area contributed by atoms with Gasteiger partial charge in [-0.1, -0.05) is 18.2 Å². The van der Waals surface area contributed by atoms with Crippen LogP contribution >= 0.6 is 0 Å². The molecule has 0 fully saturated rings. The fourth-order valence-corrected chi connectivity index (χ4v) is 2.56. The number of ketones is 1. The van der Waals surface area contributed by atoms with Gasteiger partial charge in [0.2, 0.25) is 5.75 Å². The molecule has 0 N–H and O–H groups in total. The highest BCUT2D eigenvalue weighted by Crippen LogP contribution is 2.38. The average Bonchev–Trinajstić information content (AvgIpc) is 2.76. The maximum absolute atomic E-state index is 12.6. The van der Waals surface area contributed by atoms with Crippen LogP contribution in [-0.2, 0) is 4.79 Å². The van der Waals surface area contributed by atoms with Crippen molar-refractivity contribution in [2.75, 3.05) is 41.5 Å². The van der Waals surface area contributed by atoms with Crippen LogP contribution < -0.4 is 18.9 Å². The smallest absolute Gasteiger partial charge is 0.259 e. The summed E-state index contributed by atoms with van der Waals surface area (Å²) in [6.45, 7) is 2.25. The SMILES string of the molecule is CCOc1c(OC)cc(/C=C/C(=O)c2cccc(OCC(=O)N(C)C)c2)cc1OC. The maximum atomic E-state index is 12.6. The minimum Gasteiger partial charge on any atom is -0.493 e. The van der Waals surface area contributed by atoms with Gasteiger partial charge >= 0.3 is 0 Å². The monoisotopic (exact) mass is 413 g/mol. The lowest BCUT2D eigenvalue weighted by Gasteiger charge is -2.14. The zero-order valence-electron chi connectivity index (χ0n) is 17.9.